The summed E-state index contributed by atoms with van der Waals surface area (Å²) in [7, 11) is 0. The highest BCUT2D eigenvalue weighted by molar-refractivity contribution is 14.1. The zero-order chi connectivity index (χ0) is 15.6. The largest absolute Gasteiger partial charge is 0.478 e. The van der Waals surface area contributed by atoms with Crippen LogP contribution in [-0.2, 0) is 0 Å². The summed E-state index contributed by atoms with van der Waals surface area (Å²) in [6, 6.07) is 7.93. The average Bonchev–Trinajstić information content (AvgIpc) is 2.43. The van der Waals surface area contributed by atoms with E-state index in [1.165, 1.54) is 12.1 Å². The Morgan fingerprint density at radius 1 is 1.29 bits per heavy atom. The van der Waals surface area contributed by atoms with Gasteiger partial charge in [0.15, 0.2) is 5.82 Å². The fourth-order valence-corrected chi connectivity index (χ4v) is 2.14. The third-order valence-electron chi connectivity index (χ3n) is 2.68. The van der Waals surface area contributed by atoms with Gasteiger partial charge in [0.2, 0.25) is 0 Å². The topological polar surface area (TPSA) is 73.1 Å². The molecule has 0 radical (unpaired) electrons. The van der Waals surface area contributed by atoms with Crippen molar-refractivity contribution in [2.24, 2.45) is 0 Å². The van der Waals surface area contributed by atoms with Crippen LogP contribution in [0.25, 0.3) is 0 Å². The number of carboxylic acid groups (broad SMARTS) is 1. The number of nitrogens with zero attached hydrogens (tertiary/aromatic N) is 1. The van der Waals surface area contributed by atoms with Gasteiger partial charge in [0.1, 0.15) is 11.9 Å². The normalized spacial score (nSPS) is 10.0. The van der Waals surface area contributed by atoms with Gasteiger partial charge in [0.05, 0.1) is 22.5 Å². The van der Waals surface area contributed by atoms with Crippen molar-refractivity contribution in [1.82, 2.24) is 0 Å². The molecule has 2 aromatic carbocycles. The second kappa shape index (κ2) is 6.05. The molecular formula is C14H7F2IN2O2. The maximum Gasteiger partial charge on any atom is 0.337 e. The minimum Gasteiger partial charge on any atom is -0.478 e. The number of carbonyl (C=O) groups is 1. The molecule has 2 rings (SSSR count). The van der Waals surface area contributed by atoms with Gasteiger partial charge < -0.3 is 10.4 Å². The molecule has 0 aliphatic heterocycles. The van der Waals surface area contributed by atoms with Crippen LogP contribution in [0.15, 0.2) is 30.3 Å². The predicted molar refractivity (Wildman–Crippen MR) is 80.5 cm³/mol. The van der Waals surface area contributed by atoms with E-state index in [1.54, 1.807) is 12.1 Å². The lowest BCUT2D eigenvalue weighted by Gasteiger charge is -2.12. The molecule has 0 saturated carbocycles. The van der Waals surface area contributed by atoms with Crippen LogP contribution in [0.4, 0.5) is 20.2 Å². The van der Waals surface area contributed by atoms with E-state index in [0.29, 0.717) is 3.57 Å². The van der Waals surface area contributed by atoms with Crippen molar-refractivity contribution in [3.05, 3.63) is 56.7 Å². The molecule has 0 atom stereocenters. The highest BCUT2D eigenvalue weighted by Gasteiger charge is 2.19. The molecule has 0 aromatic heterocycles. The van der Waals surface area contributed by atoms with Crippen molar-refractivity contribution in [2.75, 3.05) is 5.32 Å². The Morgan fingerprint density at radius 3 is 2.57 bits per heavy atom. The van der Waals surface area contributed by atoms with E-state index in [-0.39, 0.29) is 16.8 Å². The Balaban J connectivity index is 2.57. The van der Waals surface area contributed by atoms with E-state index in [1.807, 2.05) is 22.6 Å². The molecule has 0 aliphatic rings. The fourth-order valence-electron chi connectivity index (χ4n) is 1.69. The van der Waals surface area contributed by atoms with E-state index >= 15 is 0 Å². The van der Waals surface area contributed by atoms with E-state index in [4.69, 9.17) is 10.4 Å². The molecule has 106 valence electrons. The summed E-state index contributed by atoms with van der Waals surface area (Å²) in [5, 5.41) is 20.3. The molecule has 0 fully saturated rings. The highest BCUT2D eigenvalue weighted by Crippen LogP contribution is 2.28. The Kier molecular flexibility index (Phi) is 4.37. The minimum absolute atomic E-state index is 0.0769. The molecule has 4 nitrogen and oxygen atoms in total. The summed E-state index contributed by atoms with van der Waals surface area (Å²) in [6.07, 6.45) is 0. The molecule has 0 aliphatic carbocycles. The van der Waals surface area contributed by atoms with Gasteiger partial charge in [-0.15, -0.1) is 0 Å². The second-order valence-corrected chi connectivity index (χ2v) is 5.26. The molecule has 21 heavy (non-hydrogen) atoms. The lowest BCUT2D eigenvalue weighted by atomic mass is 10.1. The van der Waals surface area contributed by atoms with Gasteiger partial charge in [-0.2, -0.15) is 5.26 Å². The number of aromatic carboxylic acids is 1. The Bertz CT molecular complexity index is 772. The number of nitriles is 1. The summed E-state index contributed by atoms with van der Waals surface area (Å²) in [5.74, 6) is -3.07. The van der Waals surface area contributed by atoms with Crippen molar-refractivity contribution < 1.29 is 18.7 Å². The number of nitrogens with one attached hydrogen (secondary N) is 1. The fraction of sp³-hybridized carbons (Fsp3) is 0. The number of carboxylic acids is 1. The zero-order valence-corrected chi connectivity index (χ0v) is 12.5. The van der Waals surface area contributed by atoms with Crippen molar-refractivity contribution >= 4 is 39.9 Å². The molecule has 7 heteroatoms. The van der Waals surface area contributed by atoms with E-state index in [2.05, 4.69) is 5.32 Å². The van der Waals surface area contributed by atoms with Crippen LogP contribution in [-0.4, -0.2) is 11.1 Å². The smallest absolute Gasteiger partial charge is 0.337 e. The summed E-state index contributed by atoms with van der Waals surface area (Å²) in [6.45, 7) is 0. The first kappa shape index (κ1) is 15.2. The van der Waals surface area contributed by atoms with Gasteiger partial charge in [-0.1, -0.05) is 0 Å². The first-order valence-electron chi connectivity index (χ1n) is 5.62. The Labute approximate surface area is 132 Å². The lowest BCUT2D eigenvalue weighted by molar-refractivity contribution is 0.0697. The summed E-state index contributed by atoms with van der Waals surface area (Å²) in [4.78, 5) is 11.1. The lowest BCUT2D eigenvalue weighted by Crippen LogP contribution is -2.07. The van der Waals surface area contributed by atoms with Crippen molar-refractivity contribution in [1.29, 1.82) is 5.26 Å². The molecule has 0 saturated heterocycles. The molecule has 0 heterocycles. The maximum atomic E-state index is 14.1. The summed E-state index contributed by atoms with van der Waals surface area (Å²) < 4.78 is 28.5. The predicted octanol–water partition coefficient (Wildman–Crippen LogP) is 3.88. The third kappa shape index (κ3) is 3.11. The zero-order valence-electron chi connectivity index (χ0n) is 10.3. The van der Waals surface area contributed by atoms with E-state index in [0.717, 1.165) is 12.1 Å². The number of hydrogen-bond acceptors (Lipinski definition) is 3. The van der Waals surface area contributed by atoms with Gasteiger partial charge in [0, 0.05) is 3.57 Å². The van der Waals surface area contributed by atoms with Crippen LogP contribution in [0.5, 0.6) is 0 Å². The minimum atomic E-state index is -1.38. The monoisotopic (exact) mass is 400 g/mol. The molecule has 0 spiro atoms. The number of anilines is 2. The molecule has 2 N–H and O–H groups in total. The van der Waals surface area contributed by atoms with Crippen molar-refractivity contribution in [2.45, 2.75) is 0 Å². The first-order valence-corrected chi connectivity index (χ1v) is 6.70. The van der Waals surface area contributed by atoms with Crippen LogP contribution in [0.3, 0.4) is 0 Å². The number of rotatable bonds is 3. The van der Waals surface area contributed by atoms with Gasteiger partial charge >= 0.3 is 5.97 Å². The van der Waals surface area contributed by atoms with Gasteiger partial charge in [-0.3, -0.25) is 0 Å². The maximum absolute atomic E-state index is 14.1. The molecular weight excluding hydrogens is 393 g/mol. The molecule has 2 aromatic rings. The summed E-state index contributed by atoms with van der Waals surface area (Å²) >= 11 is 1.91. The molecule has 0 bridgehead atoms. The van der Waals surface area contributed by atoms with Gasteiger partial charge in [0.25, 0.3) is 0 Å². The average molecular weight is 400 g/mol. The highest BCUT2D eigenvalue weighted by atomic mass is 127. The SMILES string of the molecule is N#Cc1ccc(C(=O)O)c(Nc2ccc(I)cc2F)c1F. The second-order valence-electron chi connectivity index (χ2n) is 4.02. The quantitative estimate of drug-likeness (QED) is 0.768. The van der Waals surface area contributed by atoms with Gasteiger partial charge in [-0.05, 0) is 52.9 Å². The van der Waals surface area contributed by atoms with Crippen molar-refractivity contribution in [3.63, 3.8) is 0 Å². The Morgan fingerprint density at radius 2 is 2.00 bits per heavy atom. The first-order chi connectivity index (χ1) is 9.93. The third-order valence-corrected chi connectivity index (χ3v) is 3.35. The number of hydrogen-bond donors (Lipinski definition) is 2. The Hall–Kier alpha value is -2.21. The van der Waals surface area contributed by atoms with Crippen LogP contribution in [0.2, 0.25) is 0 Å². The van der Waals surface area contributed by atoms with Crippen LogP contribution < -0.4 is 5.32 Å². The standard InChI is InChI=1S/C14H7F2IN2O2/c15-10-5-8(17)2-4-11(10)19-13-9(14(20)21)3-1-7(6-18)12(13)16/h1-5,19H,(H,20,21). The molecule has 0 unspecified atom stereocenters. The molecule has 0 amide bonds. The van der Waals surface area contributed by atoms with E-state index in [9.17, 15) is 13.6 Å². The van der Waals surface area contributed by atoms with E-state index < -0.39 is 23.3 Å². The van der Waals surface area contributed by atoms with Crippen LogP contribution in [0.1, 0.15) is 15.9 Å². The number of halogens is 3. The van der Waals surface area contributed by atoms with Gasteiger partial charge in [-0.25, -0.2) is 13.6 Å². The van der Waals surface area contributed by atoms with Crippen molar-refractivity contribution in [3.8, 4) is 6.07 Å². The summed E-state index contributed by atoms with van der Waals surface area (Å²) in [5.41, 5.74) is -1.23. The van der Waals surface area contributed by atoms with Crippen LogP contribution in [0, 0.1) is 26.5 Å². The number of benzene rings is 2. The van der Waals surface area contributed by atoms with Crippen LogP contribution >= 0.6 is 22.6 Å².